The molecule has 1 atom stereocenters. The Morgan fingerprint density at radius 2 is 2.00 bits per heavy atom. The van der Waals surface area contributed by atoms with Gasteiger partial charge in [-0.15, -0.1) is 0 Å². The number of ether oxygens (including phenoxy) is 2. The summed E-state index contributed by atoms with van der Waals surface area (Å²) in [5.74, 6) is 0.807. The minimum atomic E-state index is -0.648. The Labute approximate surface area is 182 Å². The van der Waals surface area contributed by atoms with Crippen molar-refractivity contribution in [2.24, 2.45) is 4.99 Å². The van der Waals surface area contributed by atoms with Gasteiger partial charge in [-0.3, -0.25) is 9.36 Å². The van der Waals surface area contributed by atoms with Crippen LogP contribution in [0.4, 0.5) is 0 Å². The first-order valence-electron chi connectivity index (χ1n) is 9.99. The third-order valence-corrected chi connectivity index (χ3v) is 5.82. The molecule has 0 N–H and O–H groups in total. The molecule has 0 fully saturated rings. The molecule has 4 rings (SSSR count). The summed E-state index contributed by atoms with van der Waals surface area (Å²) in [5, 5.41) is 0. The molecule has 0 aliphatic carbocycles. The molecule has 0 saturated carbocycles. The quantitative estimate of drug-likeness (QED) is 0.553. The summed E-state index contributed by atoms with van der Waals surface area (Å²) in [6, 6.07) is 10.3. The first-order valence-corrected chi connectivity index (χ1v) is 10.8. The fraction of sp³-hybridized carbons (Fsp3) is 0.261. The van der Waals surface area contributed by atoms with Crippen molar-refractivity contribution in [3.63, 3.8) is 0 Å². The van der Waals surface area contributed by atoms with Crippen molar-refractivity contribution in [2.45, 2.75) is 26.8 Å². The topological polar surface area (TPSA) is 83.0 Å². The SMILES string of the molecule is CCOC(=O)C1=C(C)N=c2sc(=Cc3ccco3)c(=O)n2C1c1ccc(OCC)cc1. The highest BCUT2D eigenvalue weighted by molar-refractivity contribution is 7.07. The smallest absolute Gasteiger partial charge is 0.338 e. The zero-order chi connectivity index (χ0) is 22.0. The highest BCUT2D eigenvalue weighted by Gasteiger charge is 2.33. The third kappa shape index (κ3) is 3.98. The number of hydrogen-bond acceptors (Lipinski definition) is 7. The van der Waals surface area contributed by atoms with Crippen LogP contribution in [0.25, 0.3) is 6.08 Å². The van der Waals surface area contributed by atoms with Crippen LogP contribution in [0.1, 0.15) is 38.1 Å². The summed E-state index contributed by atoms with van der Waals surface area (Å²) in [5.41, 5.74) is 1.41. The number of benzene rings is 1. The second-order valence-electron chi connectivity index (χ2n) is 6.82. The maximum atomic E-state index is 13.4. The molecule has 160 valence electrons. The summed E-state index contributed by atoms with van der Waals surface area (Å²) in [6.45, 7) is 6.20. The number of carbonyl (C=O) groups excluding carboxylic acids is 1. The third-order valence-electron chi connectivity index (χ3n) is 4.84. The van der Waals surface area contributed by atoms with Crippen LogP contribution in [0.5, 0.6) is 5.75 Å². The number of esters is 1. The number of carbonyl (C=O) groups is 1. The lowest BCUT2D eigenvalue weighted by Gasteiger charge is -2.24. The van der Waals surface area contributed by atoms with Gasteiger partial charge in [0.15, 0.2) is 4.80 Å². The van der Waals surface area contributed by atoms with Crippen LogP contribution in [-0.2, 0) is 9.53 Å². The Morgan fingerprint density at radius 3 is 2.65 bits per heavy atom. The van der Waals surface area contributed by atoms with Gasteiger partial charge < -0.3 is 13.9 Å². The Kier molecular flexibility index (Phi) is 5.90. The predicted octanol–water partition coefficient (Wildman–Crippen LogP) is 2.79. The molecule has 0 saturated heterocycles. The Bertz CT molecular complexity index is 1300. The van der Waals surface area contributed by atoms with Gasteiger partial charge in [-0.05, 0) is 50.6 Å². The van der Waals surface area contributed by atoms with Crippen molar-refractivity contribution in [2.75, 3.05) is 13.2 Å². The van der Waals surface area contributed by atoms with Gasteiger partial charge >= 0.3 is 5.97 Å². The monoisotopic (exact) mass is 438 g/mol. The van der Waals surface area contributed by atoms with Crippen LogP contribution in [0, 0.1) is 0 Å². The van der Waals surface area contributed by atoms with E-state index in [9.17, 15) is 9.59 Å². The molecule has 0 spiro atoms. The number of furan rings is 1. The first-order chi connectivity index (χ1) is 15.0. The van der Waals surface area contributed by atoms with Gasteiger partial charge in [-0.25, -0.2) is 9.79 Å². The van der Waals surface area contributed by atoms with E-state index in [1.54, 1.807) is 42.9 Å². The number of nitrogens with zero attached hydrogens (tertiary/aromatic N) is 2. The summed E-state index contributed by atoms with van der Waals surface area (Å²) < 4.78 is 18.2. The van der Waals surface area contributed by atoms with Crippen LogP contribution in [0.15, 0.2) is 68.1 Å². The maximum absolute atomic E-state index is 13.4. The van der Waals surface area contributed by atoms with Crippen molar-refractivity contribution in [3.8, 4) is 5.75 Å². The molecule has 0 bridgehead atoms. The van der Waals surface area contributed by atoms with Gasteiger partial charge in [-0.1, -0.05) is 23.5 Å². The Hall–Kier alpha value is -3.39. The molecule has 1 unspecified atom stereocenters. The van der Waals surface area contributed by atoms with Crippen LogP contribution in [0.2, 0.25) is 0 Å². The number of aromatic nitrogens is 1. The lowest BCUT2D eigenvalue weighted by molar-refractivity contribution is -0.139. The number of allylic oxidation sites excluding steroid dienone is 1. The lowest BCUT2D eigenvalue weighted by atomic mass is 9.96. The first kappa shape index (κ1) is 20.9. The molecule has 3 aromatic rings. The van der Waals surface area contributed by atoms with E-state index in [0.717, 1.165) is 11.3 Å². The molecular formula is C23H22N2O5S. The molecule has 2 aromatic heterocycles. The molecule has 7 nitrogen and oxygen atoms in total. The van der Waals surface area contributed by atoms with E-state index < -0.39 is 12.0 Å². The summed E-state index contributed by atoms with van der Waals surface area (Å²) in [7, 11) is 0. The largest absolute Gasteiger partial charge is 0.494 e. The number of rotatable bonds is 6. The van der Waals surface area contributed by atoms with Gasteiger partial charge in [0.2, 0.25) is 0 Å². The standard InChI is InChI=1S/C23H22N2O5S/c1-4-28-16-10-8-15(9-11-16)20-19(22(27)29-5-2)14(3)24-23-25(20)21(26)18(31-23)13-17-7-6-12-30-17/h6-13,20H,4-5H2,1-3H3. The van der Waals surface area contributed by atoms with Crippen molar-refractivity contribution in [3.05, 3.63) is 84.9 Å². The second-order valence-corrected chi connectivity index (χ2v) is 7.83. The zero-order valence-electron chi connectivity index (χ0n) is 17.5. The summed E-state index contributed by atoms with van der Waals surface area (Å²) in [4.78, 5) is 31.3. The van der Waals surface area contributed by atoms with E-state index in [-0.39, 0.29) is 12.2 Å². The number of thiazole rings is 1. The van der Waals surface area contributed by atoms with E-state index in [1.807, 2.05) is 31.2 Å². The average molecular weight is 439 g/mol. The van der Waals surface area contributed by atoms with Crippen molar-refractivity contribution >= 4 is 23.4 Å². The van der Waals surface area contributed by atoms with E-state index in [0.29, 0.717) is 33.0 Å². The van der Waals surface area contributed by atoms with Gasteiger partial charge in [-0.2, -0.15) is 0 Å². The van der Waals surface area contributed by atoms with Crippen LogP contribution >= 0.6 is 11.3 Å². The van der Waals surface area contributed by atoms with E-state index in [4.69, 9.17) is 13.9 Å². The van der Waals surface area contributed by atoms with Crippen LogP contribution < -0.4 is 19.6 Å². The molecular weight excluding hydrogens is 416 g/mol. The van der Waals surface area contributed by atoms with E-state index >= 15 is 0 Å². The molecule has 1 aliphatic heterocycles. The molecule has 31 heavy (non-hydrogen) atoms. The van der Waals surface area contributed by atoms with E-state index in [1.165, 1.54) is 11.3 Å². The number of fused-ring (bicyclic) bond motifs is 1. The Balaban J connectivity index is 1.92. The summed E-state index contributed by atoms with van der Waals surface area (Å²) >= 11 is 1.26. The molecule has 3 heterocycles. The van der Waals surface area contributed by atoms with Crippen LogP contribution in [0.3, 0.4) is 0 Å². The van der Waals surface area contributed by atoms with Crippen LogP contribution in [-0.4, -0.2) is 23.8 Å². The van der Waals surface area contributed by atoms with Crippen molar-refractivity contribution in [1.82, 2.24) is 4.57 Å². The number of hydrogen-bond donors (Lipinski definition) is 0. The molecule has 1 aromatic carbocycles. The minimum Gasteiger partial charge on any atom is -0.494 e. The molecule has 0 radical (unpaired) electrons. The summed E-state index contributed by atoms with van der Waals surface area (Å²) in [6.07, 6.45) is 3.23. The fourth-order valence-corrected chi connectivity index (χ4v) is 4.55. The van der Waals surface area contributed by atoms with Gasteiger partial charge in [0.1, 0.15) is 11.5 Å². The fourth-order valence-electron chi connectivity index (χ4n) is 3.52. The molecule has 0 amide bonds. The van der Waals surface area contributed by atoms with Gasteiger partial charge in [0.05, 0.1) is 41.3 Å². The second kappa shape index (κ2) is 8.77. The highest BCUT2D eigenvalue weighted by Crippen LogP contribution is 2.31. The van der Waals surface area contributed by atoms with Crippen molar-refractivity contribution < 1.29 is 18.7 Å². The normalized spacial score (nSPS) is 16.1. The highest BCUT2D eigenvalue weighted by atomic mass is 32.1. The van der Waals surface area contributed by atoms with Gasteiger partial charge in [0.25, 0.3) is 5.56 Å². The van der Waals surface area contributed by atoms with Crippen molar-refractivity contribution in [1.29, 1.82) is 0 Å². The van der Waals surface area contributed by atoms with E-state index in [2.05, 4.69) is 4.99 Å². The predicted molar refractivity (Wildman–Crippen MR) is 117 cm³/mol. The maximum Gasteiger partial charge on any atom is 0.338 e. The molecule has 8 heteroatoms. The van der Waals surface area contributed by atoms with Gasteiger partial charge in [0, 0.05) is 6.08 Å². The average Bonchev–Trinajstić information content (AvgIpc) is 3.36. The zero-order valence-corrected chi connectivity index (χ0v) is 18.3. The molecule has 1 aliphatic rings. The Morgan fingerprint density at radius 1 is 1.23 bits per heavy atom. The lowest BCUT2D eigenvalue weighted by Crippen LogP contribution is -2.39. The minimum absolute atomic E-state index is 0.231.